The number of rotatable bonds is 11. The molecule has 3 fully saturated rings. The zero-order valence-corrected chi connectivity index (χ0v) is 28.9. The first kappa shape index (κ1) is 31.9. The van der Waals surface area contributed by atoms with Gasteiger partial charge in [0.05, 0.1) is 17.6 Å². The Morgan fingerprint density at radius 1 is 0.894 bits per heavy atom. The van der Waals surface area contributed by atoms with Crippen molar-refractivity contribution in [2.24, 2.45) is 5.41 Å². The monoisotopic (exact) mass is 671 g/mol. The topological polar surface area (TPSA) is 60.6 Å². The second-order valence-electron chi connectivity index (χ2n) is 14.2. The van der Waals surface area contributed by atoms with E-state index in [2.05, 4.69) is 74.3 Å². The molecule has 5 aromatic rings. The summed E-state index contributed by atoms with van der Waals surface area (Å²) < 4.78 is 49.4. The lowest BCUT2D eigenvalue weighted by Gasteiger charge is -2.71. The summed E-state index contributed by atoms with van der Waals surface area (Å²) in [5.74, 6) is -1.35. The summed E-state index contributed by atoms with van der Waals surface area (Å²) in [6.45, 7) is 7.83. The van der Waals surface area contributed by atoms with Crippen LogP contribution in [-0.4, -0.2) is 40.2 Å². The number of methoxy groups -OCH3 is 1. The maximum absolute atomic E-state index is 15.9. The van der Waals surface area contributed by atoms with Gasteiger partial charge in [-0.15, -0.1) is 11.3 Å². The number of benzene rings is 3. The van der Waals surface area contributed by atoms with Crippen LogP contribution in [0.4, 0.5) is 8.78 Å². The SMILES string of the molecule is COCCOc1cc(F)cc(F)c1-c1c(C23CC(CO[Si](c4ccccc4)(c4ccccc4)C(C)(C)C)(C2)C3)[nH]c(=O)c2ccsc12. The number of hydrogen-bond donors (Lipinski definition) is 1. The third kappa shape index (κ3) is 5.19. The smallest absolute Gasteiger partial charge is 0.261 e. The first-order valence-corrected chi connectivity index (χ1v) is 18.8. The zero-order chi connectivity index (χ0) is 33.0. The molecule has 3 aliphatic carbocycles. The maximum atomic E-state index is 15.9. The van der Waals surface area contributed by atoms with E-state index in [4.69, 9.17) is 13.9 Å². The summed E-state index contributed by atoms with van der Waals surface area (Å²) in [6, 6.07) is 25.1. The van der Waals surface area contributed by atoms with Crippen LogP contribution in [0.3, 0.4) is 0 Å². The lowest BCUT2D eigenvalue weighted by atomic mass is 9.34. The molecule has 5 nitrogen and oxygen atoms in total. The van der Waals surface area contributed by atoms with Crippen LogP contribution in [0.15, 0.2) is 89.0 Å². The zero-order valence-electron chi connectivity index (χ0n) is 27.1. The molecule has 0 amide bonds. The minimum atomic E-state index is -2.72. The molecule has 2 bridgehead atoms. The first-order chi connectivity index (χ1) is 22.5. The molecule has 47 heavy (non-hydrogen) atoms. The molecule has 244 valence electrons. The number of thiophene rings is 1. The van der Waals surface area contributed by atoms with Crippen molar-refractivity contribution >= 4 is 40.1 Å². The van der Waals surface area contributed by atoms with Gasteiger partial charge in [0, 0.05) is 47.2 Å². The summed E-state index contributed by atoms with van der Waals surface area (Å²) in [4.78, 5) is 16.5. The number of fused-ring (bicyclic) bond motifs is 1. The maximum Gasteiger partial charge on any atom is 0.261 e. The molecule has 3 aliphatic rings. The predicted octanol–water partition coefficient (Wildman–Crippen LogP) is 7.56. The molecular weight excluding hydrogens is 633 g/mol. The Labute approximate surface area is 278 Å². The number of pyridine rings is 1. The van der Waals surface area contributed by atoms with E-state index >= 15 is 4.39 Å². The highest BCUT2D eigenvalue weighted by atomic mass is 32.1. The van der Waals surface area contributed by atoms with Gasteiger partial charge in [0.15, 0.2) is 0 Å². The van der Waals surface area contributed by atoms with Crippen molar-refractivity contribution in [3.63, 3.8) is 0 Å². The van der Waals surface area contributed by atoms with Crippen LogP contribution in [0.2, 0.25) is 5.04 Å². The number of hydrogen-bond acceptors (Lipinski definition) is 5. The van der Waals surface area contributed by atoms with Crippen LogP contribution >= 0.6 is 11.3 Å². The van der Waals surface area contributed by atoms with Crippen molar-refractivity contribution in [1.29, 1.82) is 0 Å². The van der Waals surface area contributed by atoms with Crippen LogP contribution in [0.25, 0.3) is 21.2 Å². The van der Waals surface area contributed by atoms with E-state index in [0.29, 0.717) is 28.0 Å². The normalized spacial score (nSPS) is 20.6. The van der Waals surface area contributed by atoms with E-state index in [-0.39, 0.29) is 46.0 Å². The molecule has 2 aromatic heterocycles. The minimum Gasteiger partial charge on any atom is -0.490 e. The summed E-state index contributed by atoms with van der Waals surface area (Å²) in [6.07, 6.45) is 2.42. The van der Waals surface area contributed by atoms with Crippen molar-refractivity contribution in [2.75, 3.05) is 26.9 Å². The van der Waals surface area contributed by atoms with Crippen molar-refractivity contribution < 1.29 is 22.7 Å². The van der Waals surface area contributed by atoms with Gasteiger partial charge >= 0.3 is 0 Å². The van der Waals surface area contributed by atoms with E-state index in [1.54, 1.807) is 13.2 Å². The van der Waals surface area contributed by atoms with Crippen molar-refractivity contribution in [3.05, 3.63) is 112 Å². The summed E-state index contributed by atoms with van der Waals surface area (Å²) in [5, 5.41) is 4.65. The molecule has 1 N–H and O–H groups in total. The molecule has 3 saturated carbocycles. The number of halogens is 2. The van der Waals surface area contributed by atoms with Gasteiger partial charge in [0.2, 0.25) is 0 Å². The number of ether oxygens (including phenoxy) is 2. The molecule has 0 atom stereocenters. The molecule has 9 heteroatoms. The summed E-state index contributed by atoms with van der Waals surface area (Å²) in [7, 11) is -1.18. The highest BCUT2D eigenvalue weighted by Crippen LogP contribution is 2.74. The van der Waals surface area contributed by atoms with Gasteiger partial charge < -0.3 is 18.9 Å². The fraction of sp³-hybridized carbons (Fsp3) is 0.342. The molecule has 3 aromatic carbocycles. The van der Waals surface area contributed by atoms with Crippen LogP contribution in [0.5, 0.6) is 5.75 Å². The highest BCUT2D eigenvalue weighted by Gasteiger charge is 2.70. The molecule has 0 aliphatic heterocycles. The lowest BCUT2D eigenvalue weighted by Crippen LogP contribution is -2.71. The summed E-state index contributed by atoms with van der Waals surface area (Å²) in [5.41, 5.74) is 0.861. The van der Waals surface area contributed by atoms with Gasteiger partial charge in [-0.25, -0.2) is 8.78 Å². The van der Waals surface area contributed by atoms with E-state index in [1.165, 1.54) is 27.8 Å². The molecule has 0 spiro atoms. The van der Waals surface area contributed by atoms with Crippen LogP contribution in [0.1, 0.15) is 45.7 Å². The third-order valence-electron chi connectivity index (χ3n) is 10.1. The quantitative estimate of drug-likeness (QED) is 0.116. The third-order valence-corrected chi connectivity index (χ3v) is 16.0. The van der Waals surface area contributed by atoms with Gasteiger partial charge in [0.25, 0.3) is 13.9 Å². The predicted molar refractivity (Wildman–Crippen MR) is 187 cm³/mol. The van der Waals surface area contributed by atoms with Gasteiger partial charge in [-0.3, -0.25) is 4.79 Å². The Morgan fingerprint density at radius 3 is 2.13 bits per heavy atom. The van der Waals surface area contributed by atoms with Crippen LogP contribution in [-0.2, 0) is 14.6 Å². The van der Waals surface area contributed by atoms with Gasteiger partial charge in [0.1, 0.15) is 24.0 Å². The average molecular weight is 672 g/mol. The number of H-pyrrole nitrogens is 1. The lowest BCUT2D eigenvalue weighted by molar-refractivity contribution is -0.165. The Balaban J connectivity index is 1.26. The fourth-order valence-electron chi connectivity index (χ4n) is 8.26. The molecule has 0 unspecified atom stereocenters. The van der Waals surface area contributed by atoms with Gasteiger partial charge in [-0.2, -0.15) is 0 Å². The molecule has 0 saturated heterocycles. The second kappa shape index (κ2) is 11.8. The summed E-state index contributed by atoms with van der Waals surface area (Å²) >= 11 is 1.39. The van der Waals surface area contributed by atoms with Crippen LogP contribution < -0.4 is 20.7 Å². The minimum absolute atomic E-state index is 0.0508. The Bertz CT molecular complexity index is 1930. The second-order valence-corrected chi connectivity index (χ2v) is 19.5. The Hall–Kier alpha value is -3.63. The Morgan fingerprint density at radius 2 is 1.53 bits per heavy atom. The number of aromatic amines is 1. The molecule has 0 radical (unpaired) electrons. The van der Waals surface area contributed by atoms with Gasteiger partial charge in [-0.05, 0) is 51.5 Å². The van der Waals surface area contributed by atoms with Crippen LogP contribution in [0, 0.1) is 17.0 Å². The first-order valence-electron chi connectivity index (χ1n) is 16.0. The molecular formula is C38H39F2NO4SSi. The molecule has 2 heterocycles. The van der Waals surface area contributed by atoms with Crippen molar-refractivity contribution in [1.82, 2.24) is 4.98 Å². The van der Waals surface area contributed by atoms with Crippen molar-refractivity contribution in [3.8, 4) is 16.9 Å². The average Bonchev–Trinajstić information content (AvgIpc) is 3.50. The molecule has 8 rings (SSSR count). The van der Waals surface area contributed by atoms with E-state index < -0.39 is 20.0 Å². The van der Waals surface area contributed by atoms with Gasteiger partial charge in [-0.1, -0.05) is 81.4 Å². The van der Waals surface area contributed by atoms with E-state index in [9.17, 15) is 9.18 Å². The van der Waals surface area contributed by atoms with Crippen molar-refractivity contribution in [2.45, 2.75) is 50.5 Å². The van der Waals surface area contributed by atoms with E-state index in [1.807, 2.05) is 17.5 Å². The standard InChI is InChI=1S/C38H39F2NO4SSi/c1-36(2,3)47(26-11-7-5-8-12-26,27-13-9-6-10-14-27)45-24-37-21-38(22-37,23-37)34-32(33-28(15-18-46-33)35(42)41-34)31-29(40)19-25(39)20-30(31)44-17-16-43-4/h5-15,18-20H,16-17,21-24H2,1-4H3,(H,41,42). The highest BCUT2D eigenvalue weighted by molar-refractivity contribution is 7.17. The largest absolute Gasteiger partial charge is 0.490 e. The Kier molecular flexibility index (Phi) is 8.02. The number of nitrogens with one attached hydrogen (secondary N) is 1. The number of aromatic nitrogens is 1. The van der Waals surface area contributed by atoms with E-state index in [0.717, 1.165) is 25.3 Å². The fourth-order valence-corrected chi connectivity index (χ4v) is 13.9.